The van der Waals surface area contributed by atoms with Crippen LogP contribution in [-0.4, -0.2) is 70.0 Å². The molecule has 0 saturated heterocycles. The van der Waals surface area contributed by atoms with Gasteiger partial charge in [0.1, 0.15) is 6.54 Å². The van der Waals surface area contributed by atoms with Crippen molar-refractivity contribution < 1.29 is 9.53 Å². The number of amides is 1. The second-order valence-electron chi connectivity index (χ2n) is 7.84. The predicted molar refractivity (Wildman–Crippen MR) is 137 cm³/mol. The molecule has 0 spiro atoms. The number of aliphatic imine (C=N–C) groups is 1. The summed E-state index contributed by atoms with van der Waals surface area (Å²) in [5, 5.41) is 6.91. The fraction of sp³-hybridized carbons (Fsp3) is 0.636. The van der Waals surface area contributed by atoms with Crippen LogP contribution in [0.4, 0.5) is 0 Å². The summed E-state index contributed by atoms with van der Waals surface area (Å²) in [5.74, 6) is 1.65. The van der Waals surface area contributed by atoms with Crippen LogP contribution in [0.25, 0.3) is 0 Å². The van der Waals surface area contributed by atoms with Gasteiger partial charge in [-0.25, -0.2) is 4.99 Å². The molecule has 8 heteroatoms. The molecule has 0 bridgehead atoms. The highest BCUT2D eigenvalue weighted by Crippen LogP contribution is 2.40. The van der Waals surface area contributed by atoms with Crippen LogP contribution in [0.1, 0.15) is 32.1 Å². The summed E-state index contributed by atoms with van der Waals surface area (Å²) < 4.78 is 5.34. The first-order valence-electron chi connectivity index (χ1n) is 10.4. The fourth-order valence-corrected chi connectivity index (χ4v) is 4.34. The van der Waals surface area contributed by atoms with E-state index in [9.17, 15) is 4.79 Å². The molecular weight excluding hydrogens is 511 g/mol. The Morgan fingerprint density at radius 1 is 1.20 bits per heavy atom. The SMILES string of the molecule is COCCC1(CNC(=NCC(=O)N(C)C)NCCSc2ccccc2)CCCC1.I. The van der Waals surface area contributed by atoms with E-state index in [2.05, 4.69) is 39.9 Å². The van der Waals surface area contributed by atoms with E-state index in [1.165, 1.54) is 30.6 Å². The summed E-state index contributed by atoms with van der Waals surface area (Å²) in [6.07, 6.45) is 6.05. The van der Waals surface area contributed by atoms with Crippen molar-refractivity contribution in [2.75, 3.05) is 53.2 Å². The molecule has 1 fully saturated rings. The minimum absolute atomic E-state index is 0. The van der Waals surface area contributed by atoms with Crippen LogP contribution < -0.4 is 10.6 Å². The molecule has 2 rings (SSSR count). The number of carbonyl (C=O) groups excluding carboxylic acids is 1. The lowest BCUT2D eigenvalue weighted by molar-refractivity contribution is -0.127. The van der Waals surface area contributed by atoms with Crippen molar-refractivity contribution in [2.24, 2.45) is 10.4 Å². The highest BCUT2D eigenvalue weighted by molar-refractivity contribution is 14.0. The van der Waals surface area contributed by atoms with Crippen molar-refractivity contribution in [3.63, 3.8) is 0 Å². The van der Waals surface area contributed by atoms with Crippen LogP contribution in [0.2, 0.25) is 0 Å². The molecule has 1 amide bonds. The molecule has 1 aromatic rings. The third-order valence-corrected chi connectivity index (χ3v) is 6.42. The molecule has 0 unspecified atom stereocenters. The summed E-state index contributed by atoms with van der Waals surface area (Å²) in [4.78, 5) is 19.3. The van der Waals surface area contributed by atoms with Crippen LogP contribution in [0.3, 0.4) is 0 Å². The topological polar surface area (TPSA) is 66.0 Å². The number of nitrogens with zero attached hydrogens (tertiary/aromatic N) is 2. The van der Waals surface area contributed by atoms with Gasteiger partial charge in [-0.2, -0.15) is 0 Å². The predicted octanol–water partition coefficient (Wildman–Crippen LogP) is 3.62. The zero-order chi connectivity index (χ0) is 21.0. The van der Waals surface area contributed by atoms with Crippen LogP contribution >= 0.6 is 35.7 Å². The Morgan fingerprint density at radius 2 is 1.90 bits per heavy atom. The highest BCUT2D eigenvalue weighted by Gasteiger charge is 2.33. The number of methoxy groups -OCH3 is 1. The Balaban J connectivity index is 0.00000450. The second kappa shape index (κ2) is 14.9. The quantitative estimate of drug-likeness (QED) is 0.146. The van der Waals surface area contributed by atoms with Gasteiger partial charge in [0.2, 0.25) is 5.91 Å². The molecule has 1 aliphatic rings. The van der Waals surface area contributed by atoms with Gasteiger partial charge in [-0.1, -0.05) is 31.0 Å². The average molecular weight is 549 g/mol. The zero-order valence-electron chi connectivity index (χ0n) is 18.5. The van der Waals surface area contributed by atoms with Crippen molar-refractivity contribution in [2.45, 2.75) is 37.0 Å². The third-order valence-electron chi connectivity index (χ3n) is 5.41. The van der Waals surface area contributed by atoms with E-state index in [0.717, 1.165) is 37.8 Å². The number of nitrogens with one attached hydrogen (secondary N) is 2. The molecule has 0 aliphatic heterocycles. The third kappa shape index (κ3) is 9.87. The van der Waals surface area contributed by atoms with Crippen molar-refractivity contribution >= 4 is 47.6 Å². The number of halogens is 1. The fourth-order valence-electron chi connectivity index (χ4n) is 3.55. The number of thioether (sulfide) groups is 1. The van der Waals surface area contributed by atoms with Gasteiger partial charge in [0.05, 0.1) is 0 Å². The zero-order valence-corrected chi connectivity index (χ0v) is 21.6. The van der Waals surface area contributed by atoms with Gasteiger partial charge in [-0.05, 0) is 36.8 Å². The lowest BCUT2D eigenvalue weighted by Gasteiger charge is -2.30. The molecule has 1 saturated carbocycles. The number of benzene rings is 1. The number of guanidine groups is 1. The average Bonchev–Trinajstić information content (AvgIpc) is 3.20. The summed E-state index contributed by atoms with van der Waals surface area (Å²) >= 11 is 1.81. The maximum absolute atomic E-state index is 12.0. The summed E-state index contributed by atoms with van der Waals surface area (Å²) in [7, 11) is 5.28. The van der Waals surface area contributed by atoms with Crippen molar-refractivity contribution in [1.29, 1.82) is 0 Å². The Kier molecular flexibility index (Phi) is 13.4. The number of carbonyl (C=O) groups is 1. The lowest BCUT2D eigenvalue weighted by Crippen LogP contribution is -2.44. The van der Waals surface area contributed by atoms with Crippen molar-refractivity contribution in [3.05, 3.63) is 30.3 Å². The number of ether oxygens (including phenoxy) is 1. The Bertz CT molecular complexity index is 637. The van der Waals surface area contributed by atoms with E-state index in [1.807, 2.05) is 17.8 Å². The number of rotatable bonds is 11. The largest absolute Gasteiger partial charge is 0.385 e. The smallest absolute Gasteiger partial charge is 0.243 e. The van der Waals surface area contributed by atoms with E-state index in [-0.39, 0.29) is 41.8 Å². The summed E-state index contributed by atoms with van der Waals surface area (Å²) in [6.45, 7) is 2.59. The minimum Gasteiger partial charge on any atom is -0.385 e. The molecule has 2 N–H and O–H groups in total. The number of likely N-dealkylation sites (N-methyl/N-ethyl adjacent to an activating group) is 1. The molecule has 0 radical (unpaired) electrons. The molecule has 1 aromatic carbocycles. The van der Waals surface area contributed by atoms with Crippen LogP contribution in [-0.2, 0) is 9.53 Å². The van der Waals surface area contributed by atoms with E-state index in [0.29, 0.717) is 0 Å². The standard InChI is InChI=1S/C22H36N4O2S.HI/c1-26(2)20(27)17-24-21(23-14-16-29-19-9-5-4-6-10-19)25-18-22(13-15-28-3)11-7-8-12-22;/h4-6,9-10H,7-8,11-18H2,1-3H3,(H2,23,24,25);1H. The molecule has 0 aromatic heterocycles. The molecular formula is C22H37IN4O2S. The first-order chi connectivity index (χ1) is 14.0. The van der Waals surface area contributed by atoms with Crippen molar-refractivity contribution in [3.8, 4) is 0 Å². The molecule has 30 heavy (non-hydrogen) atoms. The van der Waals surface area contributed by atoms with Gasteiger partial charge >= 0.3 is 0 Å². The van der Waals surface area contributed by atoms with Gasteiger partial charge < -0.3 is 20.3 Å². The maximum atomic E-state index is 12.0. The van der Waals surface area contributed by atoms with Gasteiger partial charge in [0, 0.05) is 51.5 Å². The van der Waals surface area contributed by atoms with Crippen molar-refractivity contribution in [1.82, 2.24) is 15.5 Å². The van der Waals surface area contributed by atoms with Gasteiger partial charge in [-0.15, -0.1) is 35.7 Å². The van der Waals surface area contributed by atoms with E-state index < -0.39 is 0 Å². The number of hydrogen-bond acceptors (Lipinski definition) is 4. The Labute approximate surface area is 203 Å². The van der Waals surface area contributed by atoms with E-state index in [1.54, 1.807) is 26.1 Å². The summed E-state index contributed by atoms with van der Waals surface area (Å²) in [5.41, 5.74) is 0.267. The Hall–Kier alpha value is -1.000. The van der Waals surface area contributed by atoms with Crippen LogP contribution in [0, 0.1) is 5.41 Å². The van der Waals surface area contributed by atoms with Gasteiger partial charge in [-0.3, -0.25) is 4.79 Å². The maximum Gasteiger partial charge on any atom is 0.243 e. The monoisotopic (exact) mass is 548 g/mol. The molecule has 1 aliphatic carbocycles. The summed E-state index contributed by atoms with van der Waals surface area (Å²) in [6, 6.07) is 10.4. The number of hydrogen-bond donors (Lipinski definition) is 2. The van der Waals surface area contributed by atoms with Crippen LogP contribution in [0.5, 0.6) is 0 Å². The van der Waals surface area contributed by atoms with Gasteiger partial charge in [0.25, 0.3) is 0 Å². The Morgan fingerprint density at radius 3 is 2.53 bits per heavy atom. The lowest BCUT2D eigenvalue weighted by atomic mass is 9.83. The van der Waals surface area contributed by atoms with E-state index >= 15 is 0 Å². The normalized spacial score (nSPS) is 15.4. The first kappa shape index (κ1) is 27.0. The molecule has 0 heterocycles. The minimum atomic E-state index is -0.000256. The molecule has 0 atom stereocenters. The second-order valence-corrected chi connectivity index (χ2v) is 9.01. The highest BCUT2D eigenvalue weighted by atomic mass is 127. The first-order valence-corrected chi connectivity index (χ1v) is 11.4. The van der Waals surface area contributed by atoms with Crippen LogP contribution in [0.15, 0.2) is 40.2 Å². The molecule has 6 nitrogen and oxygen atoms in total. The van der Waals surface area contributed by atoms with E-state index in [4.69, 9.17) is 4.74 Å². The molecule has 170 valence electrons. The van der Waals surface area contributed by atoms with Gasteiger partial charge in [0.15, 0.2) is 5.96 Å².